The van der Waals surface area contributed by atoms with Crippen LogP contribution in [0.5, 0.6) is 0 Å². The Kier molecular flexibility index (Phi) is 4.79. The first-order chi connectivity index (χ1) is 12.1. The lowest BCUT2D eigenvalue weighted by molar-refractivity contribution is -0.138. The molecular weight excluding hydrogens is 316 g/mol. The lowest BCUT2D eigenvalue weighted by Crippen LogP contribution is -2.42. The van der Waals surface area contributed by atoms with Crippen molar-refractivity contribution in [1.82, 2.24) is 9.38 Å². The molecular formula is C19H21N4O2+. The predicted molar refractivity (Wildman–Crippen MR) is 96.7 cm³/mol. The second-order valence-electron chi connectivity index (χ2n) is 5.45. The van der Waals surface area contributed by atoms with Gasteiger partial charge in [0.25, 0.3) is 0 Å². The Hall–Kier alpha value is -3.15. The van der Waals surface area contributed by atoms with Gasteiger partial charge in [-0.15, -0.1) is 0 Å². The van der Waals surface area contributed by atoms with Crippen LogP contribution in [0.15, 0.2) is 48.8 Å². The van der Waals surface area contributed by atoms with E-state index in [-0.39, 0.29) is 5.90 Å². The van der Waals surface area contributed by atoms with Crippen molar-refractivity contribution >= 4 is 17.4 Å². The molecule has 6 nitrogen and oxygen atoms in total. The number of nitrogens with one attached hydrogen (secondary N) is 1. The summed E-state index contributed by atoms with van der Waals surface area (Å²) in [6.07, 6.45) is 3.78. The zero-order valence-corrected chi connectivity index (χ0v) is 14.3. The summed E-state index contributed by atoms with van der Waals surface area (Å²) in [5, 5.41) is 13.8. The number of nitrogens with zero attached hydrogens (tertiary/aromatic N) is 2. The normalized spacial score (nSPS) is 10.6. The van der Waals surface area contributed by atoms with Crippen LogP contribution in [0.3, 0.4) is 0 Å². The second kappa shape index (κ2) is 7.17. The van der Waals surface area contributed by atoms with E-state index in [1.807, 2.05) is 67.0 Å². The summed E-state index contributed by atoms with van der Waals surface area (Å²) >= 11 is 0. The lowest BCUT2D eigenvalue weighted by atomic mass is 10.1. The summed E-state index contributed by atoms with van der Waals surface area (Å²) < 4.78 is 12.5. The maximum Gasteiger partial charge on any atom is 0.366 e. The average Bonchev–Trinajstić information content (AvgIpc) is 3.05. The maximum atomic E-state index is 7.89. The average molecular weight is 337 g/mol. The van der Waals surface area contributed by atoms with Gasteiger partial charge in [-0.1, -0.05) is 12.1 Å². The van der Waals surface area contributed by atoms with Gasteiger partial charge >= 0.3 is 5.90 Å². The van der Waals surface area contributed by atoms with Crippen LogP contribution in [0, 0.1) is 5.41 Å². The molecule has 0 bridgehead atoms. The fourth-order valence-electron chi connectivity index (χ4n) is 2.54. The summed E-state index contributed by atoms with van der Waals surface area (Å²) in [5.41, 5.74) is 4.21. The van der Waals surface area contributed by atoms with Gasteiger partial charge in [0, 0.05) is 18.0 Å². The largest absolute Gasteiger partial charge is 0.478 e. The molecule has 1 aromatic carbocycles. The zero-order valence-electron chi connectivity index (χ0n) is 14.3. The van der Waals surface area contributed by atoms with Gasteiger partial charge in [0.15, 0.2) is 0 Å². The van der Waals surface area contributed by atoms with Crippen molar-refractivity contribution < 1.29 is 14.9 Å². The van der Waals surface area contributed by atoms with Gasteiger partial charge in [0.1, 0.15) is 5.65 Å². The SMILES string of the molecule is CCOC(=N)c1ccc2nc(-c3ccc(C(=[NH2+])OCC)cc3)cn2c1. The molecule has 0 unspecified atom stereocenters. The number of aromatic nitrogens is 2. The van der Waals surface area contributed by atoms with Gasteiger partial charge in [0.05, 0.1) is 30.0 Å². The molecule has 0 atom stereocenters. The third kappa shape index (κ3) is 3.52. The van der Waals surface area contributed by atoms with Crippen molar-refractivity contribution in [3.8, 4) is 11.3 Å². The predicted octanol–water partition coefficient (Wildman–Crippen LogP) is 1.91. The van der Waals surface area contributed by atoms with Crippen LogP contribution in [-0.2, 0) is 9.47 Å². The van der Waals surface area contributed by atoms with Crippen molar-refractivity contribution in [1.29, 1.82) is 5.41 Å². The topological polar surface area (TPSA) is 85.2 Å². The summed E-state index contributed by atoms with van der Waals surface area (Å²) in [5.74, 6) is 0.578. The van der Waals surface area contributed by atoms with E-state index in [9.17, 15) is 0 Å². The fourth-order valence-corrected chi connectivity index (χ4v) is 2.54. The highest BCUT2D eigenvalue weighted by Crippen LogP contribution is 2.20. The number of pyridine rings is 1. The number of imidazole rings is 1. The van der Waals surface area contributed by atoms with Gasteiger partial charge in [-0.3, -0.25) is 5.41 Å². The van der Waals surface area contributed by atoms with Gasteiger partial charge < -0.3 is 13.9 Å². The fraction of sp³-hybridized carbons (Fsp3) is 0.211. The zero-order chi connectivity index (χ0) is 17.8. The molecule has 0 fully saturated rings. The minimum atomic E-state index is 0.158. The third-order valence-corrected chi connectivity index (χ3v) is 3.77. The van der Waals surface area contributed by atoms with Crippen molar-refractivity contribution in [2.45, 2.75) is 13.8 Å². The molecule has 0 aliphatic rings. The Morgan fingerprint density at radius 3 is 2.36 bits per heavy atom. The van der Waals surface area contributed by atoms with Crippen molar-refractivity contribution in [2.24, 2.45) is 0 Å². The molecule has 0 aliphatic carbocycles. The lowest BCUT2D eigenvalue weighted by Gasteiger charge is -2.04. The molecule has 2 heterocycles. The first-order valence-electron chi connectivity index (χ1n) is 8.19. The summed E-state index contributed by atoms with van der Waals surface area (Å²) in [7, 11) is 0. The molecule has 3 N–H and O–H groups in total. The highest BCUT2D eigenvalue weighted by atomic mass is 16.5. The highest BCUT2D eigenvalue weighted by Gasteiger charge is 2.10. The van der Waals surface area contributed by atoms with Crippen LogP contribution in [0.25, 0.3) is 16.9 Å². The minimum Gasteiger partial charge on any atom is -0.478 e. The number of hydrogen-bond donors (Lipinski definition) is 2. The van der Waals surface area contributed by atoms with Crippen LogP contribution in [0.2, 0.25) is 0 Å². The smallest absolute Gasteiger partial charge is 0.366 e. The number of ether oxygens (including phenoxy) is 2. The molecule has 0 saturated carbocycles. The summed E-state index contributed by atoms with van der Waals surface area (Å²) in [4.78, 5) is 4.62. The Bertz CT molecular complexity index is 913. The van der Waals surface area contributed by atoms with E-state index < -0.39 is 0 Å². The first kappa shape index (κ1) is 16.7. The van der Waals surface area contributed by atoms with Crippen LogP contribution in [-0.4, -0.2) is 34.4 Å². The molecule has 0 radical (unpaired) electrons. The van der Waals surface area contributed by atoms with Crippen molar-refractivity contribution in [2.75, 3.05) is 13.2 Å². The van der Waals surface area contributed by atoms with E-state index >= 15 is 0 Å². The molecule has 0 saturated heterocycles. The number of fused-ring (bicyclic) bond motifs is 1. The second-order valence-corrected chi connectivity index (χ2v) is 5.45. The quantitative estimate of drug-likeness (QED) is 0.551. The van der Waals surface area contributed by atoms with E-state index in [0.29, 0.717) is 24.7 Å². The number of nitrogens with two attached hydrogens (primary N) is 1. The van der Waals surface area contributed by atoms with Crippen LogP contribution in [0.1, 0.15) is 25.0 Å². The molecule has 2 aromatic heterocycles. The number of benzene rings is 1. The van der Waals surface area contributed by atoms with Gasteiger partial charge in [0.2, 0.25) is 5.90 Å². The van der Waals surface area contributed by atoms with Crippen LogP contribution < -0.4 is 5.41 Å². The Morgan fingerprint density at radius 2 is 1.68 bits per heavy atom. The van der Waals surface area contributed by atoms with Crippen molar-refractivity contribution in [3.05, 3.63) is 59.9 Å². The third-order valence-electron chi connectivity index (χ3n) is 3.77. The Morgan fingerprint density at radius 1 is 1.00 bits per heavy atom. The van der Waals surface area contributed by atoms with E-state index in [0.717, 1.165) is 22.5 Å². The summed E-state index contributed by atoms with van der Waals surface area (Å²) in [6, 6.07) is 11.5. The van der Waals surface area contributed by atoms with Crippen LogP contribution >= 0.6 is 0 Å². The summed E-state index contributed by atoms with van der Waals surface area (Å²) in [6.45, 7) is 4.78. The molecule has 3 rings (SSSR count). The Labute approximate surface area is 146 Å². The first-order valence-corrected chi connectivity index (χ1v) is 8.19. The van der Waals surface area contributed by atoms with E-state index in [4.69, 9.17) is 20.3 Å². The van der Waals surface area contributed by atoms with Gasteiger partial charge in [-0.25, -0.2) is 10.4 Å². The number of rotatable bonds is 5. The molecule has 0 spiro atoms. The number of hydrogen-bond acceptors (Lipinski definition) is 4. The molecule has 128 valence electrons. The molecule has 0 amide bonds. The highest BCUT2D eigenvalue weighted by molar-refractivity contribution is 5.91. The molecule has 6 heteroatoms. The van der Waals surface area contributed by atoms with E-state index in [1.54, 1.807) is 0 Å². The Balaban J connectivity index is 1.88. The molecule has 25 heavy (non-hydrogen) atoms. The molecule has 3 aromatic rings. The minimum absolute atomic E-state index is 0.158. The monoisotopic (exact) mass is 337 g/mol. The molecule has 0 aliphatic heterocycles. The van der Waals surface area contributed by atoms with Gasteiger partial charge in [-0.05, 0) is 38.1 Å². The standard InChI is InChI=1S/C19H20N4O2/c1-3-24-18(20)14-7-5-13(6-8-14)16-12-23-11-15(19(21)25-4-2)9-10-17(23)22-16/h5-12,20-21H,3-4H2,1-2H3/p+1. The van der Waals surface area contributed by atoms with E-state index in [1.165, 1.54) is 0 Å². The van der Waals surface area contributed by atoms with Crippen LogP contribution in [0.4, 0.5) is 0 Å². The maximum absolute atomic E-state index is 7.89. The van der Waals surface area contributed by atoms with E-state index in [2.05, 4.69) is 4.98 Å². The van der Waals surface area contributed by atoms with Gasteiger partial charge in [-0.2, -0.15) is 0 Å². The van der Waals surface area contributed by atoms with Crippen molar-refractivity contribution in [3.63, 3.8) is 0 Å².